The molecule has 1 aromatic heterocycles. The highest BCUT2D eigenvalue weighted by Gasteiger charge is 2.25. The second-order valence-corrected chi connectivity index (χ2v) is 6.56. The molecule has 5 heteroatoms. The summed E-state index contributed by atoms with van der Waals surface area (Å²) in [6.07, 6.45) is 2.95. The minimum absolute atomic E-state index is 0.0285. The lowest BCUT2D eigenvalue weighted by atomic mass is 10.2. The number of pyridine rings is 1. The van der Waals surface area contributed by atoms with Crippen LogP contribution in [-0.2, 0) is 11.4 Å². The third-order valence-electron chi connectivity index (χ3n) is 2.00. The molecule has 0 amide bonds. The maximum absolute atomic E-state index is 11.6. The van der Waals surface area contributed by atoms with Crippen LogP contribution in [0, 0.1) is 0 Å². The van der Waals surface area contributed by atoms with Gasteiger partial charge < -0.3 is 4.55 Å². The van der Waals surface area contributed by atoms with Crippen LogP contribution in [0.15, 0.2) is 22.7 Å². The molecule has 0 radical (unpaired) electrons. The molecule has 0 saturated heterocycles. The van der Waals surface area contributed by atoms with E-state index >= 15 is 0 Å². The first-order valence-corrected chi connectivity index (χ1v) is 6.34. The molecule has 0 aliphatic carbocycles. The number of hydrogen-bond donors (Lipinski definition) is 0. The van der Waals surface area contributed by atoms with Gasteiger partial charge in [0, 0.05) is 11.8 Å². The fraction of sp³-hybridized carbons (Fsp3) is 0.417. The van der Waals surface area contributed by atoms with E-state index in [2.05, 4.69) is 9.38 Å². The maximum Gasteiger partial charge on any atom is 0.161 e. The van der Waals surface area contributed by atoms with Gasteiger partial charge in [-0.3, -0.25) is 9.78 Å². The smallest absolute Gasteiger partial charge is 0.161 e. The molecule has 92 valence electrons. The van der Waals surface area contributed by atoms with Crippen LogP contribution in [-0.4, -0.2) is 26.3 Å². The van der Waals surface area contributed by atoms with Gasteiger partial charge >= 0.3 is 0 Å². The summed E-state index contributed by atoms with van der Waals surface area (Å²) in [5.41, 5.74) is 1.15. The lowest BCUT2D eigenvalue weighted by Crippen LogP contribution is -2.25. The first kappa shape index (κ1) is 13.9. The summed E-state index contributed by atoms with van der Waals surface area (Å²) < 4.78 is 15.2. The lowest BCUT2D eigenvalue weighted by molar-refractivity contribution is 0.101. The standard InChI is InChI=1S/C12H16N2O2S/c1-9(15)10-5-6-11(13-7-10)8-14-17(16)12(2,3)4/h5-8H,1-4H3. The highest BCUT2D eigenvalue weighted by atomic mass is 32.2. The quantitative estimate of drug-likeness (QED) is 0.470. The summed E-state index contributed by atoms with van der Waals surface area (Å²) in [5, 5.41) is 0. The first-order valence-electron chi connectivity index (χ1n) is 5.24. The summed E-state index contributed by atoms with van der Waals surface area (Å²) >= 11 is -1.29. The number of carbonyl (C=O) groups is 1. The molecule has 0 fully saturated rings. The van der Waals surface area contributed by atoms with Crippen molar-refractivity contribution in [1.82, 2.24) is 4.98 Å². The van der Waals surface area contributed by atoms with Crippen molar-refractivity contribution in [2.24, 2.45) is 4.40 Å². The van der Waals surface area contributed by atoms with E-state index in [1.165, 1.54) is 19.3 Å². The number of hydrogen-bond acceptors (Lipinski definition) is 4. The van der Waals surface area contributed by atoms with E-state index in [9.17, 15) is 9.35 Å². The van der Waals surface area contributed by atoms with E-state index in [1.807, 2.05) is 20.8 Å². The maximum atomic E-state index is 11.6. The van der Waals surface area contributed by atoms with Gasteiger partial charge in [0.1, 0.15) is 22.3 Å². The van der Waals surface area contributed by atoms with Gasteiger partial charge in [-0.25, -0.2) is 0 Å². The molecule has 0 bridgehead atoms. The summed E-state index contributed by atoms with van der Waals surface area (Å²) in [6, 6.07) is 3.36. The molecule has 4 nitrogen and oxygen atoms in total. The fourth-order valence-corrected chi connectivity index (χ4v) is 1.47. The Hall–Kier alpha value is -1.20. The Morgan fingerprint density at radius 3 is 2.53 bits per heavy atom. The molecule has 0 aliphatic rings. The van der Waals surface area contributed by atoms with E-state index in [0.717, 1.165) is 0 Å². The zero-order chi connectivity index (χ0) is 13.1. The van der Waals surface area contributed by atoms with E-state index < -0.39 is 11.4 Å². The van der Waals surface area contributed by atoms with Gasteiger partial charge in [-0.05, 0) is 39.8 Å². The molecule has 1 atom stereocenters. The van der Waals surface area contributed by atoms with Crippen LogP contribution in [0.5, 0.6) is 0 Å². The summed E-state index contributed by atoms with van der Waals surface area (Å²) in [5.74, 6) is -0.0285. The molecule has 1 aromatic rings. The van der Waals surface area contributed by atoms with Crippen LogP contribution < -0.4 is 0 Å². The highest BCUT2D eigenvalue weighted by Crippen LogP contribution is 2.16. The number of aromatic nitrogens is 1. The summed E-state index contributed by atoms with van der Waals surface area (Å²) in [6.45, 7) is 7.05. The molecule has 1 heterocycles. The molecule has 0 aromatic carbocycles. The number of Topliss-reactive ketones (excluding diaryl/α,β-unsaturated/α-hetero) is 1. The number of ketones is 1. The molecule has 0 spiro atoms. The first-order chi connectivity index (χ1) is 7.80. The van der Waals surface area contributed by atoms with Gasteiger partial charge in [0.05, 0.1) is 5.69 Å². The third kappa shape index (κ3) is 4.28. The SMILES string of the molecule is CC(=O)c1ccc(C=N[S+]([O-])C(C)(C)C)nc1. The molecule has 1 rings (SSSR count). The van der Waals surface area contributed by atoms with E-state index in [4.69, 9.17) is 0 Å². The van der Waals surface area contributed by atoms with Gasteiger partial charge in [-0.2, -0.15) is 0 Å². The molecule has 1 unspecified atom stereocenters. The Labute approximate surface area is 104 Å². The largest absolute Gasteiger partial charge is 0.591 e. The molecule has 0 N–H and O–H groups in total. The Bertz CT molecular complexity index is 421. The van der Waals surface area contributed by atoms with Gasteiger partial charge in [0.25, 0.3) is 0 Å². The van der Waals surface area contributed by atoms with Crippen molar-refractivity contribution < 1.29 is 9.35 Å². The van der Waals surface area contributed by atoms with Crippen LogP contribution >= 0.6 is 0 Å². The van der Waals surface area contributed by atoms with Crippen LogP contribution in [0.25, 0.3) is 0 Å². The third-order valence-corrected chi connectivity index (χ3v) is 3.34. The fourth-order valence-electron chi connectivity index (χ4n) is 0.950. The summed E-state index contributed by atoms with van der Waals surface area (Å²) in [4.78, 5) is 15.1. The Kier molecular flexibility index (Phi) is 4.42. The van der Waals surface area contributed by atoms with Crippen LogP contribution in [0.4, 0.5) is 0 Å². The van der Waals surface area contributed by atoms with Gasteiger partial charge in [0.2, 0.25) is 0 Å². The predicted molar refractivity (Wildman–Crippen MR) is 69.7 cm³/mol. The van der Waals surface area contributed by atoms with Crippen LogP contribution in [0.3, 0.4) is 0 Å². The highest BCUT2D eigenvalue weighted by molar-refractivity contribution is 7.91. The van der Waals surface area contributed by atoms with E-state index in [-0.39, 0.29) is 10.5 Å². The molecule has 0 saturated carbocycles. The van der Waals surface area contributed by atoms with Gasteiger partial charge in [-0.15, -0.1) is 0 Å². The van der Waals surface area contributed by atoms with Gasteiger partial charge in [-0.1, -0.05) is 4.40 Å². The van der Waals surface area contributed by atoms with E-state index in [1.54, 1.807) is 12.1 Å². The van der Waals surface area contributed by atoms with Crippen LogP contribution in [0.2, 0.25) is 0 Å². The Morgan fingerprint density at radius 2 is 2.12 bits per heavy atom. The average Bonchev–Trinajstić information content (AvgIpc) is 2.25. The van der Waals surface area contributed by atoms with Crippen molar-refractivity contribution in [3.63, 3.8) is 0 Å². The Balaban J connectivity index is 2.76. The lowest BCUT2D eigenvalue weighted by Gasteiger charge is -2.17. The second-order valence-electron chi connectivity index (χ2n) is 4.62. The van der Waals surface area contributed by atoms with Crippen molar-refractivity contribution in [2.45, 2.75) is 32.4 Å². The average molecular weight is 252 g/mol. The number of rotatable bonds is 3. The Morgan fingerprint density at radius 1 is 1.47 bits per heavy atom. The molecular weight excluding hydrogens is 236 g/mol. The van der Waals surface area contributed by atoms with E-state index in [0.29, 0.717) is 11.3 Å². The second kappa shape index (κ2) is 5.42. The number of nitrogens with zero attached hydrogens (tertiary/aromatic N) is 2. The van der Waals surface area contributed by atoms with Crippen molar-refractivity contribution in [3.05, 3.63) is 29.6 Å². The minimum Gasteiger partial charge on any atom is -0.591 e. The minimum atomic E-state index is -1.29. The molecule has 17 heavy (non-hydrogen) atoms. The monoisotopic (exact) mass is 252 g/mol. The predicted octanol–water partition coefficient (Wildman–Crippen LogP) is 2.17. The van der Waals surface area contributed by atoms with Crippen molar-refractivity contribution in [1.29, 1.82) is 0 Å². The van der Waals surface area contributed by atoms with Crippen molar-refractivity contribution >= 4 is 23.4 Å². The van der Waals surface area contributed by atoms with Crippen molar-refractivity contribution in [3.8, 4) is 0 Å². The zero-order valence-electron chi connectivity index (χ0n) is 10.4. The van der Waals surface area contributed by atoms with Crippen molar-refractivity contribution in [2.75, 3.05) is 0 Å². The van der Waals surface area contributed by atoms with Gasteiger partial charge in [0.15, 0.2) is 5.78 Å². The molecular formula is C12H16N2O2S. The summed E-state index contributed by atoms with van der Waals surface area (Å²) in [7, 11) is 0. The normalized spacial score (nSPS) is 13.9. The number of carbonyl (C=O) groups excluding carboxylic acids is 1. The zero-order valence-corrected chi connectivity index (χ0v) is 11.2. The topological polar surface area (TPSA) is 65.4 Å². The molecule has 0 aliphatic heterocycles. The van der Waals surface area contributed by atoms with Crippen LogP contribution in [0.1, 0.15) is 43.7 Å².